The molecular formula is C23H33NO5. The van der Waals surface area contributed by atoms with Gasteiger partial charge in [-0.1, -0.05) is 19.4 Å². The number of carboxylic acid groups (broad SMARTS) is 1. The summed E-state index contributed by atoms with van der Waals surface area (Å²) in [6, 6.07) is 0. The molecule has 3 fully saturated rings. The Bertz CT molecular complexity index is 771. The first-order valence-corrected chi connectivity index (χ1v) is 11.0. The van der Waals surface area contributed by atoms with Crippen LogP contribution in [0.25, 0.3) is 0 Å². The Hall–Kier alpha value is -1.66. The lowest BCUT2D eigenvalue weighted by atomic mass is 9.51. The van der Waals surface area contributed by atoms with E-state index in [0.717, 1.165) is 37.8 Å². The Labute approximate surface area is 172 Å². The van der Waals surface area contributed by atoms with Crippen LogP contribution >= 0.6 is 0 Å². The fraction of sp³-hybridized carbons (Fsp3) is 0.739. The van der Waals surface area contributed by atoms with E-state index in [-0.39, 0.29) is 29.3 Å². The Morgan fingerprint density at radius 2 is 1.93 bits per heavy atom. The molecule has 0 aromatic carbocycles. The van der Waals surface area contributed by atoms with E-state index in [4.69, 9.17) is 9.94 Å². The van der Waals surface area contributed by atoms with Crippen molar-refractivity contribution in [3.8, 4) is 0 Å². The van der Waals surface area contributed by atoms with E-state index in [0.29, 0.717) is 37.6 Å². The second-order valence-electron chi connectivity index (χ2n) is 9.82. The molecule has 0 aromatic heterocycles. The minimum Gasteiger partial charge on any atom is -0.481 e. The molecule has 0 bridgehead atoms. The van der Waals surface area contributed by atoms with Gasteiger partial charge in [0, 0.05) is 18.3 Å². The number of nitrogens with one attached hydrogen (secondary N) is 1. The molecule has 1 unspecified atom stereocenters. The molecule has 0 aromatic rings. The monoisotopic (exact) mass is 403 g/mol. The summed E-state index contributed by atoms with van der Waals surface area (Å²) in [5, 5.41) is 19.1. The number of carboxylic acids is 1. The summed E-state index contributed by atoms with van der Waals surface area (Å²) < 4.78 is 0. The number of Topliss-reactive ketones (excluding diaryl/α,β-unsaturated/α-hetero) is 1. The van der Waals surface area contributed by atoms with Crippen molar-refractivity contribution in [2.45, 2.75) is 77.7 Å². The Morgan fingerprint density at radius 3 is 2.69 bits per heavy atom. The largest absolute Gasteiger partial charge is 0.481 e. The molecule has 0 saturated heterocycles. The summed E-state index contributed by atoms with van der Waals surface area (Å²) in [6.07, 6.45) is 8.33. The summed E-state index contributed by atoms with van der Waals surface area (Å²) in [4.78, 5) is 29.1. The van der Waals surface area contributed by atoms with E-state index in [1.807, 2.05) is 0 Å². The summed E-state index contributed by atoms with van der Waals surface area (Å²) in [6.45, 7) is 4.78. The van der Waals surface area contributed by atoms with Gasteiger partial charge in [-0.25, -0.2) is 0 Å². The number of rotatable bonds is 6. The van der Waals surface area contributed by atoms with Crippen molar-refractivity contribution in [1.29, 1.82) is 0 Å². The number of allylic oxidation sites excluding steroid dienone is 2. The lowest BCUT2D eigenvalue weighted by Gasteiger charge is -2.54. The standard InChI is InChI=1S/C23H33NO5/c1-22-9-7-15(25)12-14(22)13-18(24-29-11-3-4-20(27)28)21-16-5-6-19(26)23(16,2)10-8-17(21)22/h13,15-17,24-25H,3-12H2,1-2H3,(H,27,28)/t15?,16-,17+,22-,23-/m0/s1. The van der Waals surface area contributed by atoms with Crippen LogP contribution in [0.4, 0.5) is 0 Å². The maximum atomic E-state index is 12.7. The molecule has 5 atom stereocenters. The molecule has 4 aliphatic carbocycles. The van der Waals surface area contributed by atoms with E-state index in [1.165, 1.54) is 11.1 Å². The molecule has 0 heterocycles. The van der Waals surface area contributed by atoms with Gasteiger partial charge in [-0.15, -0.1) is 0 Å². The van der Waals surface area contributed by atoms with Crippen molar-refractivity contribution in [2.24, 2.45) is 22.7 Å². The van der Waals surface area contributed by atoms with Gasteiger partial charge in [0.1, 0.15) is 5.78 Å². The minimum atomic E-state index is -0.824. The molecule has 0 radical (unpaired) electrons. The molecule has 6 nitrogen and oxygen atoms in total. The maximum absolute atomic E-state index is 12.7. The lowest BCUT2D eigenvalue weighted by Crippen LogP contribution is -2.48. The molecule has 0 aliphatic heterocycles. The third kappa shape index (κ3) is 3.44. The zero-order valence-corrected chi connectivity index (χ0v) is 17.5. The number of carbonyl (C=O) groups excluding carboxylic acids is 1. The molecule has 4 rings (SSSR count). The molecule has 0 spiro atoms. The highest BCUT2D eigenvalue weighted by atomic mass is 16.6. The molecule has 4 aliphatic rings. The Balaban J connectivity index is 1.65. The zero-order valence-electron chi connectivity index (χ0n) is 17.5. The van der Waals surface area contributed by atoms with Crippen molar-refractivity contribution >= 4 is 11.8 Å². The average molecular weight is 404 g/mol. The highest BCUT2D eigenvalue weighted by Gasteiger charge is 2.57. The molecule has 0 amide bonds. The van der Waals surface area contributed by atoms with Gasteiger partial charge < -0.3 is 10.2 Å². The smallest absolute Gasteiger partial charge is 0.303 e. The first kappa shape index (κ1) is 20.6. The normalized spacial score (nSPS) is 38.8. The second-order valence-corrected chi connectivity index (χ2v) is 9.82. The van der Waals surface area contributed by atoms with E-state index in [9.17, 15) is 14.7 Å². The number of fused-ring (bicyclic) bond motifs is 5. The summed E-state index contributed by atoms with van der Waals surface area (Å²) in [5.41, 5.74) is 6.42. The van der Waals surface area contributed by atoms with Crippen LogP contribution in [0.1, 0.15) is 71.6 Å². The number of aliphatic hydroxyl groups excluding tert-OH is 1. The van der Waals surface area contributed by atoms with Crippen LogP contribution in [0.15, 0.2) is 22.9 Å². The van der Waals surface area contributed by atoms with Gasteiger partial charge in [0.25, 0.3) is 0 Å². The topological polar surface area (TPSA) is 95.9 Å². The second kappa shape index (κ2) is 7.55. The number of aliphatic carboxylic acids is 1. The first-order chi connectivity index (χ1) is 13.8. The van der Waals surface area contributed by atoms with Gasteiger partial charge >= 0.3 is 5.97 Å². The Morgan fingerprint density at radius 1 is 1.21 bits per heavy atom. The van der Waals surface area contributed by atoms with E-state index >= 15 is 0 Å². The number of aliphatic hydroxyl groups is 1. The summed E-state index contributed by atoms with van der Waals surface area (Å²) >= 11 is 0. The SMILES string of the molecule is C[C@]12CCC(O)CC1=CC(NOCCCC(=O)O)=C1[C@H]2CC[C@]2(C)C(=O)CC[C@@H]12. The Kier molecular flexibility index (Phi) is 5.36. The minimum absolute atomic E-state index is 0.0377. The van der Waals surface area contributed by atoms with E-state index < -0.39 is 5.97 Å². The van der Waals surface area contributed by atoms with Gasteiger partial charge in [-0.2, -0.15) is 0 Å². The van der Waals surface area contributed by atoms with Gasteiger partial charge in [-0.3, -0.25) is 19.9 Å². The van der Waals surface area contributed by atoms with E-state index in [1.54, 1.807) is 0 Å². The van der Waals surface area contributed by atoms with Crippen molar-refractivity contribution in [2.75, 3.05) is 6.61 Å². The van der Waals surface area contributed by atoms with Gasteiger partial charge in [0.15, 0.2) is 0 Å². The summed E-state index contributed by atoms with van der Waals surface area (Å²) in [7, 11) is 0. The highest BCUT2D eigenvalue weighted by molar-refractivity contribution is 5.88. The highest BCUT2D eigenvalue weighted by Crippen LogP contribution is 2.63. The molecule has 160 valence electrons. The van der Waals surface area contributed by atoms with Gasteiger partial charge in [0.2, 0.25) is 0 Å². The van der Waals surface area contributed by atoms with Crippen LogP contribution in [0.5, 0.6) is 0 Å². The lowest BCUT2D eigenvalue weighted by molar-refractivity contribution is -0.137. The zero-order chi connectivity index (χ0) is 20.8. The molecule has 3 N–H and O–H groups in total. The van der Waals surface area contributed by atoms with Crippen molar-refractivity contribution < 1.29 is 24.6 Å². The molecular weight excluding hydrogens is 370 g/mol. The third-order valence-corrected chi connectivity index (χ3v) is 8.17. The number of carbonyl (C=O) groups is 2. The number of hydroxylamine groups is 1. The van der Waals surface area contributed by atoms with Crippen molar-refractivity contribution in [3.05, 3.63) is 22.9 Å². The molecule has 3 saturated carbocycles. The number of hydrogen-bond donors (Lipinski definition) is 3. The van der Waals surface area contributed by atoms with Crippen molar-refractivity contribution in [1.82, 2.24) is 5.48 Å². The fourth-order valence-electron chi connectivity index (χ4n) is 6.37. The predicted octanol–water partition coefficient (Wildman–Crippen LogP) is 3.51. The first-order valence-electron chi connectivity index (χ1n) is 11.0. The number of hydrogen-bond acceptors (Lipinski definition) is 5. The van der Waals surface area contributed by atoms with E-state index in [2.05, 4.69) is 25.4 Å². The van der Waals surface area contributed by atoms with Gasteiger partial charge in [-0.05, 0) is 73.8 Å². The van der Waals surface area contributed by atoms with Gasteiger partial charge in [0.05, 0.1) is 18.4 Å². The van der Waals surface area contributed by atoms with Crippen LogP contribution < -0.4 is 5.48 Å². The maximum Gasteiger partial charge on any atom is 0.303 e. The quantitative estimate of drug-likeness (QED) is 0.464. The summed E-state index contributed by atoms with van der Waals surface area (Å²) in [5.74, 6) is 0.161. The van der Waals surface area contributed by atoms with Crippen LogP contribution in [0.2, 0.25) is 0 Å². The number of ketones is 1. The predicted molar refractivity (Wildman–Crippen MR) is 108 cm³/mol. The van der Waals surface area contributed by atoms with Crippen LogP contribution in [0, 0.1) is 22.7 Å². The fourth-order valence-corrected chi connectivity index (χ4v) is 6.37. The van der Waals surface area contributed by atoms with Crippen LogP contribution in [-0.2, 0) is 14.4 Å². The van der Waals surface area contributed by atoms with Crippen LogP contribution in [0.3, 0.4) is 0 Å². The van der Waals surface area contributed by atoms with Crippen molar-refractivity contribution in [3.63, 3.8) is 0 Å². The molecule has 6 heteroatoms. The molecule has 29 heavy (non-hydrogen) atoms. The third-order valence-electron chi connectivity index (χ3n) is 8.17. The average Bonchev–Trinajstić information content (AvgIpc) is 2.97. The van der Waals surface area contributed by atoms with Crippen LogP contribution in [-0.4, -0.2) is 34.7 Å².